The van der Waals surface area contributed by atoms with Crippen molar-refractivity contribution in [3.63, 3.8) is 0 Å². The van der Waals surface area contributed by atoms with Gasteiger partial charge in [-0.05, 0) is 40.5 Å². The molecule has 0 unspecified atom stereocenters. The second-order valence-electron chi connectivity index (χ2n) is 5.10. The number of hydrogen-bond acceptors (Lipinski definition) is 2. The monoisotopic (exact) mass is 339 g/mol. The molecule has 0 fully saturated rings. The molecule has 0 saturated heterocycles. The first-order chi connectivity index (χ1) is 10.1. The summed E-state index contributed by atoms with van der Waals surface area (Å²) >= 11 is 3.46. The van der Waals surface area contributed by atoms with Crippen molar-refractivity contribution in [2.24, 2.45) is 0 Å². The molecular weight excluding hydrogens is 326 g/mol. The van der Waals surface area contributed by atoms with Gasteiger partial charge in [-0.3, -0.25) is 4.79 Å². The number of hydrogen-bond donors (Lipinski definition) is 0. The molecule has 2 aromatic carbocycles. The number of rotatable bonds is 3. The van der Waals surface area contributed by atoms with E-state index in [1.165, 1.54) is 5.56 Å². The molecule has 0 amide bonds. The third kappa shape index (κ3) is 3.03. The Balaban J connectivity index is 1.93. The molecule has 0 aliphatic rings. The van der Waals surface area contributed by atoms with Gasteiger partial charge in [0.25, 0.3) is 0 Å². The number of para-hydroxylation sites is 1. The lowest BCUT2D eigenvalue weighted by Crippen LogP contribution is -2.07. The Morgan fingerprint density at radius 1 is 1.10 bits per heavy atom. The van der Waals surface area contributed by atoms with Crippen LogP contribution in [-0.2, 0) is 6.42 Å². The third-order valence-electron chi connectivity index (χ3n) is 3.43. The predicted octanol–water partition coefficient (Wildman–Crippen LogP) is 4.73. The quantitative estimate of drug-likeness (QED) is 0.645. The molecule has 1 aromatic heterocycles. The first-order valence-electron chi connectivity index (χ1n) is 6.77. The van der Waals surface area contributed by atoms with Gasteiger partial charge in [0.1, 0.15) is 5.69 Å². The molecule has 3 aromatic rings. The van der Waals surface area contributed by atoms with Crippen molar-refractivity contribution in [1.29, 1.82) is 0 Å². The van der Waals surface area contributed by atoms with Crippen LogP contribution in [0.3, 0.4) is 0 Å². The Morgan fingerprint density at radius 2 is 1.81 bits per heavy atom. The number of carbonyl (C=O) groups is 1. The minimum Gasteiger partial charge on any atom is -0.292 e. The standard InChI is InChI=1S/C18H14BrNO/c1-12-6-8-13(9-7-12)10-17(21)18-15(19)11-14-4-2-3-5-16(14)20-18/h2-9,11H,10H2,1H3. The number of aryl methyl sites for hydroxylation is 1. The zero-order valence-corrected chi connectivity index (χ0v) is 13.2. The van der Waals surface area contributed by atoms with E-state index in [0.717, 1.165) is 20.9 Å². The summed E-state index contributed by atoms with van der Waals surface area (Å²) in [4.78, 5) is 17.0. The van der Waals surface area contributed by atoms with E-state index in [-0.39, 0.29) is 5.78 Å². The van der Waals surface area contributed by atoms with Crippen molar-refractivity contribution in [1.82, 2.24) is 4.98 Å². The molecule has 0 aliphatic carbocycles. The molecule has 0 saturated carbocycles. The number of fused-ring (bicyclic) bond motifs is 1. The molecule has 3 rings (SSSR count). The number of aromatic nitrogens is 1. The van der Waals surface area contributed by atoms with Crippen molar-refractivity contribution < 1.29 is 4.79 Å². The fourth-order valence-corrected chi connectivity index (χ4v) is 2.82. The molecule has 0 spiro atoms. The summed E-state index contributed by atoms with van der Waals surface area (Å²) < 4.78 is 0.748. The number of nitrogens with zero attached hydrogens (tertiary/aromatic N) is 1. The minimum atomic E-state index is 0.0245. The lowest BCUT2D eigenvalue weighted by atomic mass is 10.0. The van der Waals surface area contributed by atoms with E-state index in [2.05, 4.69) is 20.9 Å². The Bertz CT molecular complexity index is 809. The van der Waals surface area contributed by atoms with E-state index in [4.69, 9.17) is 0 Å². The van der Waals surface area contributed by atoms with Crippen LogP contribution in [0.1, 0.15) is 21.6 Å². The molecule has 1 heterocycles. The summed E-state index contributed by atoms with van der Waals surface area (Å²) in [6.45, 7) is 2.03. The Morgan fingerprint density at radius 3 is 2.57 bits per heavy atom. The van der Waals surface area contributed by atoms with Gasteiger partial charge in [0.2, 0.25) is 0 Å². The lowest BCUT2D eigenvalue weighted by Gasteiger charge is -2.06. The maximum absolute atomic E-state index is 12.5. The fourth-order valence-electron chi connectivity index (χ4n) is 2.26. The van der Waals surface area contributed by atoms with Crippen molar-refractivity contribution in [3.05, 3.63) is 75.9 Å². The van der Waals surface area contributed by atoms with Crippen LogP contribution in [0.25, 0.3) is 10.9 Å². The summed E-state index contributed by atoms with van der Waals surface area (Å²) in [5.41, 5.74) is 3.53. The summed E-state index contributed by atoms with van der Waals surface area (Å²) in [6, 6.07) is 17.8. The van der Waals surface area contributed by atoms with Gasteiger partial charge in [-0.1, -0.05) is 48.0 Å². The van der Waals surface area contributed by atoms with Crippen molar-refractivity contribution in [2.45, 2.75) is 13.3 Å². The highest BCUT2D eigenvalue weighted by molar-refractivity contribution is 9.10. The summed E-state index contributed by atoms with van der Waals surface area (Å²) in [5, 5.41) is 1.02. The van der Waals surface area contributed by atoms with Crippen LogP contribution in [0.4, 0.5) is 0 Å². The molecule has 2 nitrogen and oxygen atoms in total. The zero-order chi connectivity index (χ0) is 14.8. The van der Waals surface area contributed by atoms with Crippen LogP contribution >= 0.6 is 15.9 Å². The number of Topliss-reactive ketones (excluding diaryl/α,β-unsaturated/α-hetero) is 1. The van der Waals surface area contributed by atoms with Crippen molar-refractivity contribution >= 4 is 32.6 Å². The zero-order valence-electron chi connectivity index (χ0n) is 11.6. The average molecular weight is 340 g/mol. The van der Waals surface area contributed by atoms with Crippen molar-refractivity contribution in [2.75, 3.05) is 0 Å². The van der Waals surface area contributed by atoms with Gasteiger partial charge in [0.15, 0.2) is 5.78 Å². The topological polar surface area (TPSA) is 30.0 Å². The van der Waals surface area contributed by atoms with E-state index >= 15 is 0 Å². The maximum Gasteiger partial charge on any atom is 0.186 e. The van der Waals surface area contributed by atoms with E-state index in [1.807, 2.05) is 61.5 Å². The predicted molar refractivity (Wildman–Crippen MR) is 88.7 cm³/mol. The molecular formula is C18H14BrNO. The van der Waals surface area contributed by atoms with E-state index in [9.17, 15) is 4.79 Å². The Labute approximate surface area is 132 Å². The van der Waals surface area contributed by atoms with Gasteiger partial charge in [0.05, 0.1) is 5.52 Å². The van der Waals surface area contributed by atoms with Gasteiger partial charge < -0.3 is 0 Å². The molecule has 21 heavy (non-hydrogen) atoms. The second kappa shape index (κ2) is 5.78. The Hall–Kier alpha value is -2.00. The maximum atomic E-state index is 12.5. The second-order valence-corrected chi connectivity index (χ2v) is 5.95. The van der Waals surface area contributed by atoms with Gasteiger partial charge >= 0.3 is 0 Å². The highest BCUT2D eigenvalue weighted by atomic mass is 79.9. The summed E-state index contributed by atoms with van der Waals surface area (Å²) in [6.07, 6.45) is 0.365. The molecule has 0 radical (unpaired) electrons. The summed E-state index contributed by atoms with van der Waals surface area (Å²) in [5.74, 6) is 0.0245. The SMILES string of the molecule is Cc1ccc(CC(=O)c2nc3ccccc3cc2Br)cc1. The highest BCUT2D eigenvalue weighted by Crippen LogP contribution is 2.22. The summed E-state index contributed by atoms with van der Waals surface area (Å²) in [7, 11) is 0. The number of pyridine rings is 1. The molecule has 0 aliphatic heterocycles. The Kier molecular flexibility index (Phi) is 3.84. The molecule has 0 atom stereocenters. The van der Waals surface area contributed by atoms with Crippen molar-refractivity contribution in [3.8, 4) is 0 Å². The first kappa shape index (κ1) is 14.0. The molecule has 104 valence electrons. The van der Waals surface area contributed by atoms with Gasteiger partial charge in [-0.2, -0.15) is 0 Å². The average Bonchev–Trinajstić information content (AvgIpc) is 2.49. The van der Waals surface area contributed by atoms with E-state index < -0.39 is 0 Å². The van der Waals surface area contributed by atoms with Crippen LogP contribution in [-0.4, -0.2) is 10.8 Å². The minimum absolute atomic E-state index is 0.0245. The molecule has 3 heteroatoms. The van der Waals surface area contributed by atoms with Gasteiger partial charge in [0, 0.05) is 16.3 Å². The highest BCUT2D eigenvalue weighted by Gasteiger charge is 2.13. The molecule has 0 N–H and O–H groups in total. The van der Waals surface area contributed by atoms with Crippen LogP contribution in [0.15, 0.2) is 59.1 Å². The number of ketones is 1. The number of carbonyl (C=O) groups excluding carboxylic acids is 1. The van der Waals surface area contributed by atoms with E-state index in [0.29, 0.717) is 12.1 Å². The van der Waals surface area contributed by atoms with Gasteiger partial charge in [-0.25, -0.2) is 4.98 Å². The first-order valence-corrected chi connectivity index (χ1v) is 7.57. The third-order valence-corrected chi connectivity index (χ3v) is 4.03. The van der Waals surface area contributed by atoms with Crippen LogP contribution in [0.2, 0.25) is 0 Å². The molecule has 0 bridgehead atoms. The van der Waals surface area contributed by atoms with Gasteiger partial charge in [-0.15, -0.1) is 0 Å². The lowest BCUT2D eigenvalue weighted by molar-refractivity contribution is 0.0988. The van der Waals surface area contributed by atoms with Crippen LogP contribution < -0.4 is 0 Å². The normalized spacial score (nSPS) is 10.8. The number of benzene rings is 2. The van der Waals surface area contributed by atoms with Crippen LogP contribution in [0, 0.1) is 6.92 Å². The van der Waals surface area contributed by atoms with E-state index in [1.54, 1.807) is 0 Å². The largest absolute Gasteiger partial charge is 0.292 e. The van der Waals surface area contributed by atoms with Crippen LogP contribution in [0.5, 0.6) is 0 Å². The number of halogens is 1. The smallest absolute Gasteiger partial charge is 0.186 e. The fraction of sp³-hybridized carbons (Fsp3) is 0.111.